The first-order valence-electron chi connectivity index (χ1n) is 7.58. The number of rotatable bonds is 2. The fourth-order valence-corrected chi connectivity index (χ4v) is 3.30. The Bertz CT molecular complexity index is 674. The molecule has 1 fully saturated rings. The van der Waals surface area contributed by atoms with Gasteiger partial charge in [0.05, 0.1) is 5.71 Å². The van der Waals surface area contributed by atoms with E-state index in [1.807, 2.05) is 44.2 Å². The Morgan fingerprint density at radius 2 is 1.74 bits per heavy atom. The van der Waals surface area contributed by atoms with Gasteiger partial charge in [0.2, 0.25) is 0 Å². The van der Waals surface area contributed by atoms with Crippen LogP contribution in [-0.4, -0.2) is 39.9 Å². The topological polar surface area (TPSA) is 82.3 Å². The molecule has 2 aliphatic rings. The molecule has 0 aromatic heterocycles. The first-order valence-corrected chi connectivity index (χ1v) is 7.58. The van der Waals surface area contributed by atoms with E-state index in [0.29, 0.717) is 18.6 Å². The summed E-state index contributed by atoms with van der Waals surface area (Å²) in [6.45, 7) is 3.81. The Hall–Kier alpha value is -2.34. The molecule has 6 heteroatoms. The number of Topliss-reactive ketones (excluding diaryl/α,β-unsaturated/α-hetero) is 2. The molecule has 0 saturated heterocycles. The molecule has 1 saturated carbocycles. The zero-order valence-electron chi connectivity index (χ0n) is 13.1. The van der Waals surface area contributed by atoms with Crippen LogP contribution in [0, 0.1) is 11.3 Å². The van der Waals surface area contributed by atoms with E-state index in [-0.39, 0.29) is 17.0 Å². The first kappa shape index (κ1) is 15.6. The van der Waals surface area contributed by atoms with Gasteiger partial charge in [0.15, 0.2) is 0 Å². The standard InChI is InChI=1S/C17H19N3O3/c1-17(2)8-12(21)14(13(22)9-17)16-15(19-18-10-20(16)23)11-6-4-3-5-7-11/h3-7,10,14,16,23H,8-9H2,1-2H3. The van der Waals surface area contributed by atoms with Crippen LogP contribution in [0.3, 0.4) is 0 Å². The highest BCUT2D eigenvalue weighted by Crippen LogP contribution is 2.37. The third-order valence-electron chi connectivity index (χ3n) is 4.29. The highest BCUT2D eigenvalue weighted by molar-refractivity contribution is 6.15. The number of ketones is 2. The molecule has 0 amide bonds. The molecular weight excluding hydrogens is 294 g/mol. The highest BCUT2D eigenvalue weighted by Gasteiger charge is 2.47. The van der Waals surface area contributed by atoms with Gasteiger partial charge in [-0.05, 0) is 5.41 Å². The van der Waals surface area contributed by atoms with E-state index in [1.165, 1.54) is 0 Å². The van der Waals surface area contributed by atoms with E-state index < -0.39 is 12.0 Å². The average Bonchev–Trinajstić information content (AvgIpc) is 2.48. The van der Waals surface area contributed by atoms with Crippen molar-refractivity contribution < 1.29 is 14.8 Å². The maximum atomic E-state index is 12.6. The first-order chi connectivity index (χ1) is 10.9. The van der Waals surface area contributed by atoms with Crippen LogP contribution in [0.4, 0.5) is 0 Å². The number of hydroxylamine groups is 2. The van der Waals surface area contributed by atoms with Gasteiger partial charge >= 0.3 is 0 Å². The molecule has 120 valence electrons. The number of benzene rings is 1. The van der Waals surface area contributed by atoms with Crippen LogP contribution in [0.25, 0.3) is 0 Å². The Labute approximate surface area is 134 Å². The largest absolute Gasteiger partial charge is 0.299 e. The van der Waals surface area contributed by atoms with Gasteiger partial charge in [-0.2, -0.15) is 5.10 Å². The van der Waals surface area contributed by atoms with Crippen molar-refractivity contribution in [1.29, 1.82) is 0 Å². The van der Waals surface area contributed by atoms with Crippen molar-refractivity contribution in [2.24, 2.45) is 21.5 Å². The predicted molar refractivity (Wildman–Crippen MR) is 85.4 cm³/mol. The molecule has 1 heterocycles. The van der Waals surface area contributed by atoms with Crippen molar-refractivity contribution in [2.45, 2.75) is 32.7 Å². The number of hydrogen-bond acceptors (Lipinski definition) is 6. The predicted octanol–water partition coefficient (Wildman–Crippen LogP) is 2.07. The number of carbonyl (C=O) groups excluding carboxylic acids is 2. The van der Waals surface area contributed by atoms with Gasteiger partial charge < -0.3 is 0 Å². The third-order valence-corrected chi connectivity index (χ3v) is 4.29. The summed E-state index contributed by atoms with van der Waals surface area (Å²) in [6.07, 6.45) is 1.76. The second kappa shape index (κ2) is 5.70. The van der Waals surface area contributed by atoms with Crippen molar-refractivity contribution in [3.8, 4) is 0 Å². The summed E-state index contributed by atoms with van der Waals surface area (Å²) in [5.74, 6) is -1.23. The quantitative estimate of drug-likeness (QED) is 0.847. The second-order valence-electron chi connectivity index (χ2n) is 6.84. The lowest BCUT2D eigenvalue weighted by Crippen LogP contribution is -2.54. The molecular formula is C17H19N3O3. The monoisotopic (exact) mass is 313 g/mol. The van der Waals surface area contributed by atoms with Gasteiger partial charge in [-0.3, -0.25) is 14.8 Å². The summed E-state index contributed by atoms with van der Waals surface area (Å²) in [7, 11) is 0. The van der Waals surface area contributed by atoms with E-state index in [9.17, 15) is 14.8 Å². The van der Waals surface area contributed by atoms with Crippen LogP contribution in [0.2, 0.25) is 0 Å². The summed E-state index contributed by atoms with van der Waals surface area (Å²) in [5, 5.41) is 18.9. The molecule has 1 atom stereocenters. The van der Waals surface area contributed by atoms with Crippen LogP contribution in [-0.2, 0) is 9.59 Å². The van der Waals surface area contributed by atoms with Crippen LogP contribution in [0.15, 0.2) is 40.5 Å². The maximum absolute atomic E-state index is 12.6. The van der Waals surface area contributed by atoms with E-state index in [0.717, 1.165) is 17.0 Å². The summed E-state index contributed by atoms with van der Waals surface area (Å²) in [5.41, 5.74) is 0.832. The lowest BCUT2D eigenvalue weighted by molar-refractivity contribution is -0.145. The summed E-state index contributed by atoms with van der Waals surface area (Å²) in [6, 6.07) is 8.35. The van der Waals surface area contributed by atoms with Crippen molar-refractivity contribution in [2.75, 3.05) is 0 Å². The Kier molecular flexibility index (Phi) is 3.85. The van der Waals surface area contributed by atoms with Crippen LogP contribution in [0.1, 0.15) is 32.3 Å². The van der Waals surface area contributed by atoms with Crippen molar-refractivity contribution >= 4 is 23.6 Å². The summed E-state index contributed by atoms with van der Waals surface area (Å²) < 4.78 is 0. The molecule has 0 spiro atoms. The van der Waals surface area contributed by atoms with Gasteiger partial charge in [0, 0.05) is 18.4 Å². The van der Waals surface area contributed by atoms with Crippen molar-refractivity contribution in [1.82, 2.24) is 5.06 Å². The molecule has 1 N–H and O–H groups in total. The molecule has 1 aromatic carbocycles. The number of carbonyl (C=O) groups is 2. The zero-order valence-corrected chi connectivity index (χ0v) is 13.1. The molecule has 1 aromatic rings. The lowest BCUT2D eigenvalue weighted by Gasteiger charge is -2.38. The molecule has 0 radical (unpaired) electrons. The number of hydrogen-bond donors (Lipinski definition) is 1. The van der Waals surface area contributed by atoms with E-state index in [4.69, 9.17) is 0 Å². The second-order valence-corrected chi connectivity index (χ2v) is 6.84. The normalized spacial score (nSPS) is 24.7. The van der Waals surface area contributed by atoms with Crippen LogP contribution < -0.4 is 0 Å². The molecule has 1 aliphatic heterocycles. The zero-order chi connectivity index (χ0) is 16.6. The summed E-state index contributed by atoms with van der Waals surface area (Å²) >= 11 is 0. The van der Waals surface area contributed by atoms with Crippen molar-refractivity contribution in [3.63, 3.8) is 0 Å². The van der Waals surface area contributed by atoms with Gasteiger partial charge in [0.1, 0.15) is 29.9 Å². The van der Waals surface area contributed by atoms with Gasteiger partial charge in [-0.1, -0.05) is 44.2 Å². The molecule has 1 aliphatic carbocycles. The minimum atomic E-state index is -0.918. The maximum Gasteiger partial charge on any atom is 0.146 e. The molecule has 1 unspecified atom stereocenters. The average molecular weight is 313 g/mol. The highest BCUT2D eigenvalue weighted by atomic mass is 16.5. The molecule has 6 nitrogen and oxygen atoms in total. The van der Waals surface area contributed by atoms with Crippen LogP contribution in [0.5, 0.6) is 0 Å². The van der Waals surface area contributed by atoms with E-state index in [1.54, 1.807) is 0 Å². The summed E-state index contributed by atoms with van der Waals surface area (Å²) in [4.78, 5) is 25.2. The van der Waals surface area contributed by atoms with Crippen LogP contribution >= 0.6 is 0 Å². The number of nitrogens with zero attached hydrogens (tertiary/aromatic N) is 3. The van der Waals surface area contributed by atoms with Crippen molar-refractivity contribution in [3.05, 3.63) is 35.9 Å². The SMILES string of the molecule is CC1(C)CC(=O)C(C2C(c3ccccc3)=NN=CN2O)C(=O)C1. The van der Waals surface area contributed by atoms with Gasteiger partial charge in [-0.15, -0.1) is 5.10 Å². The Balaban J connectivity index is 1.99. The van der Waals surface area contributed by atoms with E-state index in [2.05, 4.69) is 10.2 Å². The van der Waals surface area contributed by atoms with Gasteiger partial charge in [-0.25, -0.2) is 5.06 Å². The fraction of sp³-hybridized carbons (Fsp3) is 0.412. The van der Waals surface area contributed by atoms with E-state index >= 15 is 0 Å². The smallest absolute Gasteiger partial charge is 0.146 e. The third kappa shape index (κ3) is 2.94. The lowest BCUT2D eigenvalue weighted by atomic mass is 9.68. The Morgan fingerprint density at radius 1 is 1.13 bits per heavy atom. The molecule has 0 bridgehead atoms. The van der Waals surface area contributed by atoms with Gasteiger partial charge in [0.25, 0.3) is 0 Å². The minimum Gasteiger partial charge on any atom is -0.299 e. The fourth-order valence-electron chi connectivity index (χ4n) is 3.30. The minimum absolute atomic E-state index is 0.158. The Morgan fingerprint density at radius 3 is 2.35 bits per heavy atom. The molecule has 23 heavy (non-hydrogen) atoms. The molecule has 3 rings (SSSR count).